The van der Waals surface area contributed by atoms with Gasteiger partial charge in [-0.25, -0.2) is 0 Å². The van der Waals surface area contributed by atoms with E-state index in [0.29, 0.717) is 11.7 Å². The van der Waals surface area contributed by atoms with Crippen molar-refractivity contribution in [2.24, 2.45) is 5.92 Å². The number of carbonyl (C=O) groups excluding carboxylic acids is 2. The Morgan fingerprint density at radius 2 is 1.95 bits per heavy atom. The van der Waals surface area contributed by atoms with E-state index in [4.69, 9.17) is 0 Å². The Kier molecular flexibility index (Phi) is 3.92. The molecule has 3 rings (SSSR count). The van der Waals surface area contributed by atoms with Crippen molar-refractivity contribution in [3.63, 3.8) is 0 Å². The Hall–Kier alpha value is -1.16. The van der Waals surface area contributed by atoms with Gasteiger partial charge < -0.3 is 5.32 Å². The number of hydrogen-bond donors (Lipinski definition) is 1. The highest BCUT2D eigenvalue weighted by Gasteiger charge is 2.25. The van der Waals surface area contributed by atoms with E-state index in [1.54, 1.807) is 0 Å². The summed E-state index contributed by atoms with van der Waals surface area (Å²) in [6.45, 7) is 2.88. The lowest BCUT2D eigenvalue weighted by Crippen LogP contribution is -2.23. The van der Waals surface area contributed by atoms with E-state index in [0.717, 1.165) is 57.1 Å². The minimum Gasteiger partial charge on any atom is -0.352 e. The van der Waals surface area contributed by atoms with Gasteiger partial charge in [-0.15, -0.1) is 11.3 Å². The average Bonchev–Trinajstić information content (AvgIpc) is 2.62. The smallest absolute Gasteiger partial charge is 0.252 e. The third-order valence-electron chi connectivity index (χ3n) is 4.55. The number of thiophene rings is 1. The van der Waals surface area contributed by atoms with E-state index in [9.17, 15) is 9.59 Å². The Labute approximate surface area is 123 Å². The number of nitrogens with one attached hydrogen (secondary N) is 1. The summed E-state index contributed by atoms with van der Waals surface area (Å²) in [5, 5.41) is 2.99. The highest BCUT2D eigenvalue weighted by molar-refractivity contribution is 7.12. The van der Waals surface area contributed by atoms with E-state index in [1.165, 1.54) is 15.3 Å². The first-order valence-electron chi connectivity index (χ1n) is 7.56. The fraction of sp³-hybridized carbons (Fsp3) is 0.625. The van der Waals surface area contributed by atoms with Crippen molar-refractivity contribution in [3.8, 4) is 0 Å². The van der Waals surface area contributed by atoms with Crippen molar-refractivity contribution < 1.29 is 9.59 Å². The Bertz CT molecular complexity index is 537. The molecule has 1 aromatic heterocycles. The molecule has 1 N–H and O–H groups in total. The number of hydrogen-bond acceptors (Lipinski definition) is 3. The molecule has 1 saturated carbocycles. The van der Waals surface area contributed by atoms with Crippen LogP contribution in [0.1, 0.15) is 57.8 Å². The molecule has 1 aromatic rings. The first-order chi connectivity index (χ1) is 9.65. The van der Waals surface area contributed by atoms with E-state index in [2.05, 4.69) is 12.2 Å². The lowest BCUT2D eigenvalue weighted by atomic mass is 9.85. The van der Waals surface area contributed by atoms with Gasteiger partial charge in [-0.2, -0.15) is 0 Å². The molecule has 0 unspecified atom stereocenters. The lowest BCUT2D eigenvalue weighted by Gasteiger charge is -2.20. The molecule has 4 heteroatoms. The molecule has 1 fully saturated rings. The standard InChI is InChI=1S/C16H21NO2S/c1-10-14(9-11-4-6-12(18)7-5-11)20-13-3-2-8-17-16(19)15(10)13/h11H,2-9H2,1H3,(H,17,19). The predicted molar refractivity (Wildman–Crippen MR) is 80.4 cm³/mol. The van der Waals surface area contributed by atoms with Crippen LogP contribution in [0.25, 0.3) is 0 Å². The van der Waals surface area contributed by atoms with Gasteiger partial charge in [0, 0.05) is 29.1 Å². The fourth-order valence-electron chi connectivity index (χ4n) is 3.30. The van der Waals surface area contributed by atoms with Crippen LogP contribution in [0.2, 0.25) is 0 Å². The van der Waals surface area contributed by atoms with Gasteiger partial charge in [0.25, 0.3) is 5.91 Å². The van der Waals surface area contributed by atoms with Crippen LogP contribution >= 0.6 is 11.3 Å². The van der Waals surface area contributed by atoms with Gasteiger partial charge in [-0.3, -0.25) is 9.59 Å². The maximum absolute atomic E-state index is 12.1. The van der Waals surface area contributed by atoms with E-state index < -0.39 is 0 Å². The summed E-state index contributed by atoms with van der Waals surface area (Å²) in [5.74, 6) is 1.15. The summed E-state index contributed by atoms with van der Waals surface area (Å²) in [4.78, 5) is 26.1. The third kappa shape index (κ3) is 2.66. The molecule has 0 saturated heterocycles. The van der Waals surface area contributed by atoms with Gasteiger partial charge in [0.15, 0.2) is 0 Å². The van der Waals surface area contributed by atoms with Gasteiger partial charge in [-0.05, 0) is 50.5 Å². The number of amides is 1. The van der Waals surface area contributed by atoms with Crippen LogP contribution in [0.5, 0.6) is 0 Å². The van der Waals surface area contributed by atoms with E-state index in [1.807, 2.05) is 11.3 Å². The quantitative estimate of drug-likeness (QED) is 0.910. The summed E-state index contributed by atoms with van der Waals surface area (Å²) in [5.41, 5.74) is 2.12. The SMILES string of the molecule is Cc1c(CC2CCC(=O)CC2)sc2c1C(=O)NCCC2. The number of fused-ring (bicyclic) bond motifs is 1. The summed E-state index contributed by atoms with van der Waals surface area (Å²) in [6.07, 6.45) is 6.63. The number of aryl methyl sites for hydroxylation is 1. The fourth-order valence-corrected chi connectivity index (χ4v) is 4.76. The highest BCUT2D eigenvalue weighted by atomic mass is 32.1. The number of Topliss-reactive ketones (excluding diaryl/α,β-unsaturated/α-hetero) is 1. The topological polar surface area (TPSA) is 46.2 Å². The zero-order valence-electron chi connectivity index (χ0n) is 12.0. The van der Waals surface area contributed by atoms with Crippen LogP contribution in [0.4, 0.5) is 0 Å². The molecule has 0 atom stereocenters. The number of ketones is 1. The van der Waals surface area contributed by atoms with Gasteiger partial charge in [-0.1, -0.05) is 0 Å². The predicted octanol–water partition coefficient (Wildman–Crippen LogP) is 3.03. The molecule has 2 heterocycles. The van der Waals surface area contributed by atoms with Crippen LogP contribution in [-0.2, 0) is 17.6 Å². The molecule has 0 spiro atoms. The molecular formula is C16H21NO2S. The Morgan fingerprint density at radius 1 is 1.20 bits per heavy atom. The van der Waals surface area contributed by atoms with Crippen molar-refractivity contribution in [1.29, 1.82) is 0 Å². The number of carbonyl (C=O) groups is 2. The largest absolute Gasteiger partial charge is 0.352 e. The second kappa shape index (κ2) is 5.68. The second-order valence-corrected chi connectivity index (χ2v) is 7.18. The molecule has 0 aromatic carbocycles. The molecule has 108 valence electrons. The molecule has 1 amide bonds. The molecule has 20 heavy (non-hydrogen) atoms. The molecule has 0 bridgehead atoms. The van der Waals surface area contributed by atoms with Crippen molar-refractivity contribution in [2.75, 3.05) is 6.54 Å². The number of rotatable bonds is 2. The van der Waals surface area contributed by atoms with Crippen LogP contribution in [0, 0.1) is 12.8 Å². The maximum atomic E-state index is 12.1. The lowest BCUT2D eigenvalue weighted by molar-refractivity contribution is -0.120. The van der Waals surface area contributed by atoms with Gasteiger partial charge in [0.1, 0.15) is 5.78 Å². The first kappa shape index (κ1) is 13.8. The molecule has 0 radical (unpaired) electrons. The van der Waals surface area contributed by atoms with Crippen molar-refractivity contribution in [1.82, 2.24) is 5.32 Å². The summed E-state index contributed by atoms with van der Waals surface area (Å²) < 4.78 is 0. The maximum Gasteiger partial charge on any atom is 0.252 e. The van der Waals surface area contributed by atoms with Crippen LogP contribution in [0.3, 0.4) is 0 Å². The molecule has 3 nitrogen and oxygen atoms in total. The first-order valence-corrected chi connectivity index (χ1v) is 8.38. The normalized spacial score (nSPS) is 20.4. The zero-order chi connectivity index (χ0) is 14.1. The second-order valence-electron chi connectivity index (χ2n) is 5.99. The molecule has 2 aliphatic rings. The highest BCUT2D eigenvalue weighted by Crippen LogP contribution is 2.34. The van der Waals surface area contributed by atoms with E-state index in [-0.39, 0.29) is 5.91 Å². The average molecular weight is 291 g/mol. The summed E-state index contributed by atoms with van der Waals surface area (Å²) >= 11 is 1.83. The van der Waals surface area contributed by atoms with E-state index >= 15 is 0 Å². The minimum absolute atomic E-state index is 0.108. The van der Waals surface area contributed by atoms with Crippen LogP contribution in [-0.4, -0.2) is 18.2 Å². The summed E-state index contributed by atoms with van der Waals surface area (Å²) in [6, 6.07) is 0. The van der Waals surface area contributed by atoms with Crippen LogP contribution < -0.4 is 5.32 Å². The third-order valence-corrected chi connectivity index (χ3v) is 5.92. The minimum atomic E-state index is 0.108. The summed E-state index contributed by atoms with van der Waals surface area (Å²) in [7, 11) is 0. The molecule has 1 aliphatic carbocycles. The Balaban J connectivity index is 1.79. The van der Waals surface area contributed by atoms with Crippen molar-refractivity contribution >= 4 is 23.0 Å². The molecular weight excluding hydrogens is 270 g/mol. The van der Waals surface area contributed by atoms with Gasteiger partial charge in [0.2, 0.25) is 0 Å². The van der Waals surface area contributed by atoms with Gasteiger partial charge >= 0.3 is 0 Å². The van der Waals surface area contributed by atoms with Crippen molar-refractivity contribution in [2.45, 2.75) is 51.9 Å². The zero-order valence-corrected chi connectivity index (χ0v) is 12.8. The van der Waals surface area contributed by atoms with Crippen molar-refractivity contribution in [3.05, 3.63) is 20.9 Å². The van der Waals surface area contributed by atoms with Gasteiger partial charge in [0.05, 0.1) is 5.56 Å². The van der Waals surface area contributed by atoms with Crippen LogP contribution in [0.15, 0.2) is 0 Å². The Morgan fingerprint density at radius 3 is 2.70 bits per heavy atom. The monoisotopic (exact) mass is 291 g/mol. The molecule has 1 aliphatic heterocycles.